The topological polar surface area (TPSA) is 29.1 Å². The number of alkyl halides is 1. The molecule has 16 heavy (non-hydrogen) atoms. The number of halogens is 3. The van der Waals surface area contributed by atoms with Crippen molar-refractivity contribution in [2.45, 2.75) is 19.4 Å². The molecule has 0 aromatic heterocycles. The first-order valence-electron chi connectivity index (χ1n) is 4.90. The van der Waals surface area contributed by atoms with Gasteiger partial charge in [-0.05, 0) is 24.6 Å². The molecule has 1 atom stereocenters. The maximum Gasteiger partial charge on any atom is 0.253 e. The highest BCUT2D eigenvalue weighted by molar-refractivity contribution is 9.10. The molecule has 1 rings (SSSR count). The third-order valence-electron chi connectivity index (χ3n) is 2.19. The van der Waals surface area contributed by atoms with Gasteiger partial charge in [0, 0.05) is 15.8 Å². The average Bonchev–Trinajstić information content (AvgIpc) is 2.25. The van der Waals surface area contributed by atoms with Gasteiger partial charge in [0.25, 0.3) is 5.91 Å². The van der Waals surface area contributed by atoms with Crippen molar-refractivity contribution < 1.29 is 4.79 Å². The molecule has 0 fully saturated rings. The molecule has 0 aliphatic rings. The smallest absolute Gasteiger partial charge is 0.253 e. The third-order valence-corrected chi connectivity index (χ3v) is 3.78. The third kappa shape index (κ3) is 3.75. The molecule has 0 heterocycles. The van der Waals surface area contributed by atoms with E-state index in [1.807, 2.05) is 6.92 Å². The molecular formula is C11H12Br2ClNO. The first-order valence-corrected chi connectivity index (χ1v) is 7.19. The van der Waals surface area contributed by atoms with E-state index in [1.165, 1.54) is 0 Å². The zero-order valence-corrected chi connectivity index (χ0v) is 12.7. The van der Waals surface area contributed by atoms with Crippen molar-refractivity contribution in [3.05, 3.63) is 33.3 Å². The molecule has 2 nitrogen and oxygen atoms in total. The van der Waals surface area contributed by atoms with E-state index in [0.717, 1.165) is 16.2 Å². The number of carbonyl (C=O) groups excluding carboxylic acids is 1. The van der Waals surface area contributed by atoms with Crippen molar-refractivity contribution in [2.24, 2.45) is 0 Å². The number of hydrogen-bond acceptors (Lipinski definition) is 1. The lowest BCUT2D eigenvalue weighted by atomic mass is 10.2. The van der Waals surface area contributed by atoms with Crippen molar-refractivity contribution in [3.63, 3.8) is 0 Å². The monoisotopic (exact) mass is 367 g/mol. The minimum atomic E-state index is -0.135. The van der Waals surface area contributed by atoms with Crippen LogP contribution in [0.1, 0.15) is 23.7 Å². The normalized spacial score (nSPS) is 12.2. The van der Waals surface area contributed by atoms with Crippen LogP contribution in [0.25, 0.3) is 0 Å². The van der Waals surface area contributed by atoms with Gasteiger partial charge in [-0.3, -0.25) is 4.79 Å². The van der Waals surface area contributed by atoms with Crippen molar-refractivity contribution in [2.75, 3.05) is 5.33 Å². The number of rotatable bonds is 4. The highest BCUT2D eigenvalue weighted by Gasteiger charge is 2.13. The molecule has 1 aromatic rings. The summed E-state index contributed by atoms with van der Waals surface area (Å²) in [5, 5.41) is 4.10. The molecule has 1 aromatic carbocycles. The molecule has 1 amide bonds. The first kappa shape index (κ1) is 14.0. The lowest BCUT2D eigenvalue weighted by Gasteiger charge is -2.14. The summed E-state index contributed by atoms with van der Waals surface area (Å²) in [5.74, 6) is -0.135. The maximum atomic E-state index is 11.9. The van der Waals surface area contributed by atoms with Gasteiger partial charge in [0.05, 0.1) is 10.6 Å². The number of amides is 1. The molecule has 1 N–H and O–H groups in total. The number of carbonyl (C=O) groups is 1. The first-order chi connectivity index (χ1) is 7.58. The Morgan fingerprint density at radius 2 is 2.25 bits per heavy atom. The van der Waals surface area contributed by atoms with E-state index in [2.05, 4.69) is 37.2 Å². The lowest BCUT2D eigenvalue weighted by Crippen LogP contribution is -2.35. The molecule has 0 radical (unpaired) electrons. The van der Waals surface area contributed by atoms with Crippen LogP contribution in [0.2, 0.25) is 5.02 Å². The van der Waals surface area contributed by atoms with Crippen LogP contribution in [0, 0.1) is 0 Å². The fraction of sp³-hybridized carbons (Fsp3) is 0.364. The summed E-state index contributed by atoms with van der Waals surface area (Å²) in [7, 11) is 0. The Hall–Kier alpha value is -0.0600. The molecule has 1 unspecified atom stereocenters. The van der Waals surface area contributed by atoms with Crippen LogP contribution in [0.4, 0.5) is 0 Å². The van der Waals surface area contributed by atoms with Crippen molar-refractivity contribution in [1.29, 1.82) is 0 Å². The fourth-order valence-corrected chi connectivity index (χ4v) is 2.57. The second kappa shape index (κ2) is 6.62. The summed E-state index contributed by atoms with van der Waals surface area (Å²) in [5.41, 5.74) is 0.504. The summed E-state index contributed by atoms with van der Waals surface area (Å²) in [6.07, 6.45) is 0.880. The van der Waals surface area contributed by atoms with E-state index in [1.54, 1.807) is 18.2 Å². The van der Waals surface area contributed by atoms with E-state index < -0.39 is 0 Å². The largest absolute Gasteiger partial charge is 0.348 e. The van der Waals surface area contributed by atoms with E-state index in [9.17, 15) is 4.79 Å². The number of benzene rings is 1. The molecule has 0 aliphatic heterocycles. The second-order valence-corrected chi connectivity index (χ2v) is 5.33. The molecule has 5 heteroatoms. The predicted octanol–water partition coefficient (Wildman–Crippen LogP) is 4.01. The van der Waals surface area contributed by atoms with Crippen LogP contribution in [-0.4, -0.2) is 17.3 Å². The Morgan fingerprint density at radius 1 is 1.56 bits per heavy atom. The highest BCUT2D eigenvalue weighted by Crippen LogP contribution is 2.21. The molecule has 88 valence electrons. The van der Waals surface area contributed by atoms with Crippen molar-refractivity contribution in [3.8, 4) is 0 Å². The lowest BCUT2D eigenvalue weighted by molar-refractivity contribution is 0.0940. The van der Waals surface area contributed by atoms with Crippen LogP contribution in [0.3, 0.4) is 0 Å². The Morgan fingerprint density at radius 3 is 2.75 bits per heavy atom. The van der Waals surface area contributed by atoms with Crippen LogP contribution in [0.15, 0.2) is 22.7 Å². The molecule has 0 spiro atoms. The summed E-state index contributed by atoms with van der Waals surface area (Å²) >= 11 is 12.6. The van der Waals surface area contributed by atoms with Gasteiger partial charge < -0.3 is 5.32 Å². The van der Waals surface area contributed by atoms with Gasteiger partial charge in [0.1, 0.15) is 0 Å². The standard InChI is InChI=1S/C11H12Br2ClNO/c1-2-8(6-12)15-11(16)9-4-3-7(13)5-10(9)14/h3-5,8H,2,6H2,1H3,(H,15,16). The van der Waals surface area contributed by atoms with Gasteiger partial charge in [-0.1, -0.05) is 50.4 Å². The van der Waals surface area contributed by atoms with Crippen LogP contribution < -0.4 is 5.32 Å². The molecule has 0 aliphatic carbocycles. The predicted molar refractivity (Wildman–Crippen MR) is 74.5 cm³/mol. The van der Waals surface area contributed by atoms with Crippen LogP contribution in [0.5, 0.6) is 0 Å². The summed E-state index contributed by atoms with van der Waals surface area (Å²) in [4.78, 5) is 11.9. The zero-order valence-electron chi connectivity index (χ0n) is 8.77. The molecule has 0 saturated carbocycles. The van der Waals surface area contributed by atoms with Gasteiger partial charge >= 0.3 is 0 Å². The minimum Gasteiger partial charge on any atom is -0.348 e. The summed E-state index contributed by atoms with van der Waals surface area (Å²) in [6, 6.07) is 5.36. The Kier molecular flexibility index (Phi) is 5.79. The van der Waals surface area contributed by atoms with Gasteiger partial charge in [-0.2, -0.15) is 0 Å². The van der Waals surface area contributed by atoms with Gasteiger partial charge in [-0.25, -0.2) is 0 Å². The Balaban J connectivity index is 2.80. The van der Waals surface area contributed by atoms with Gasteiger partial charge in [0.2, 0.25) is 0 Å². The average molecular weight is 369 g/mol. The summed E-state index contributed by atoms with van der Waals surface area (Å²) in [6.45, 7) is 2.02. The van der Waals surface area contributed by atoms with E-state index >= 15 is 0 Å². The van der Waals surface area contributed by atoms with Crippen molar-refractivity contribution in [1.82, 2.24) is 5.32 Å². The molecule has 0 bridgehead atoms. The van der Waals surface area contributed by atoms with E-state index in [4.69, 9.17) is 11.6 Å². The number of hydrogen-bond donors (Lipinski definition) is 1. The molecule has 0 saturated heterocycles. The molecular weight excluding hydrogens is 357 g/mol. The SMILES string of the molecule is CCC(CBr)NC(=O)c1ccc(Br)cc1Cl. The maximum absolute atomic E-state index is 11.9. The van der Waals surface area contributed by atoms with E-state index in [0.29, 0.717) is 10.6 Å². The van der Waals surface area contributed by atoms with Crippen LogP contribution >= 0.6 is 43.5 Å². The number of nitrogens with one attached hydrogen (secondary N) is 1. The zero-order chi connectivity index (χ0) is 12.1. The Labute approximate surface area is 117 Å². The van der Waals surface area contributed by atoms with Gasteiger partial charge in [0.15, 0.2) is 0 Å². The fourth-order valence-electron chi connectivity index (χ4n) is 1.19. The Bertz CT molecular complexity index is 380. The highest BCUT2D eigenvalue weighted by atomic mass is 79.9. The second-order valence-electron chi connectivity index (χ2n) is 3.36. The van der Waals surface area contributed by atoms with E-state index in [-0.39, 0.29) is 11.9 Å². The quantitative estimate of drug-likeness (QED) is 0.799. The van der Waals surface area contributed by atoms with Crippen molar-refractivity contribution >= 4 is 49.4 Å². The van der Waals surface area contributed by atoms with Gasteiger partial charge in [-0.15, -0.1) is 0 Å². The summed E-state index contributed by atoms with van der Waals surface area (Å²) < 4.78 is 0.863. The minimum absolute atomic E-state index is 0.132. The van der Waals surface area contributed by atoms with Crippen LogP contribution in [-0.2, 0) is 0 Å².